The van der Waals surface area contributed by atoms with Crippen LogP contribution >= 0.6 is 11.6 Å². The van der Waals surface area contributed by atoms with E-state index >= 15 is 0 Å². The Morgan fingerprint density at radius 1 is 1.33 bits per heavy atom. The molecule has 5 heteroatoms. The Hall–Kier alpha value is -0.970. The molecule has 0 aliphatic rings. The molecule has 0 saturated heterocycles. The van der Waals surface area contributed by atoms with Crippen molar-refractivity contribution in [3.8, 4) is 11.5 Å². The first-order chi connectivity index (χ1) is 7.13. The zero-order valence-corrected chi connectivity index (χ0v) is 9.41. The summed E-state index contributed by atoms with van der Waals surface area (Å²) >= 11 is 5.96. The van der Waals surface area contributed by atoms with Crippen LogP contribution in [-0.2, 0) is 0 Å². The molecule has 0 amide bonds. The van der Waals surface area contributed by atoms with Crippen LogP contribution in [0.1, 0.15) is 11.7 Å². The predicted molar refractivity (Wildman–Crippen MR) is 58.6 cm³/mol. The van der Waals surface area contributed by atoms with Crippen LogP contribution in [0.3, 0.4) is 0 Å². The molecule has 0 aliphatic heterocycles. The van der Waals surface area contributed by atoms with Gasteiger partial charge in [-0.1, -0.05) is 11.6 Å². The maximum atomic E-state index is 9.59. The highest BCUT2D eigenvalue weighted by atomic mass is 35.5. The Labute approximate surface area is 93.6 Å². The summed E-state index contributed by atoms with van der Waals surface area (Å²) in [7, 11) is 3.04. The molecule has 0 bridgehead atoms. The minimum atomic E-state index is -0.794. The first-order valence-electron chi connectivity index (χ1n) is 4.43. The van der Waals surface area contributed by atoms with Gasteiger partial charge < -0.3 is 20.3 Å². The lowest BCUT2D eigenvalue weighted by atomic mass is 10.1. The van der Waals surface area contributed by atoms with E-state index in [1.165, 1.54) is 14.2 Å². The van der Waals surface area contributed by atoms with E-state index in [9.17, 15) is 5.11 Å². The number of methoxy groups -OCH3 is 2. The molecule has 15 heavy (non-hydrogen) atoms. The normalized spacial score (nSPS) is 12.3. The fourth-order valence-electron chi connectivity index (χ4n) is 1.25. The highest BCUT2D eigenvalue weighted by Crippen LogP contribution is 2.35. The number of aliphatic hydroxyl groups is 1. The molecule has 1 aromatic carbocycles. The molecular weight excluding hydrogens is 218 g/mol. The van der Waals surface area contributed by atoms with Crippen molar-refractivity contribution in [2.45, 2.75) is 6.10 Å². The topological polar surface area (TPSA) is 64.7 Å². The number of benzene rings is 1. The number of nitrogens with two attached hydrogens (primary N) is 1. The molecule has 0 heterocycles. The van der Waals surface area contributed by atoms with Crippen molar-refractivity contribution >= 4 is 11.6 Å². The first-order valence-corrected chi connectivity index (χ1v) is 4.81. The van der Waals surface area contributed by atoms with E-state index in [4.69, 9.17) is 26.8 Å². The van der Waals surface area contributed by atoms with Gasteiger partial charge >= 0.3 is 0 Å². The second-order valence-corrected chi connectivity index (χ2v) is 3.39. The number of halogens is 1. The van der Waals surface area contributed by atoms with E-state index in [1.54, 1.807) is 12.1 Å². The van der Waals surface area contributed by atoms with Gasteiger partial charge in [-0.3, -0.25) is 0 Å². The van der Waals surface area contributed by atoms with E-state index < -0.39 is 6.10 Å². The summed E-state index contributed by atoms with van der Waals surface area (Å²) < 4.78 is 10.2. The second kappa shape index (κ2) is 5.21. The summed E-state index contributed by atoms with van der Waals surface area (Å²) in [6.45, 7) is 0.106. The van der Waals surface area contributed by atoms with Crippen molar-refractivity contribution in [2.24, 2.45) is 5.73 Å². The third-order valence-corrected chi connectivity index (χ3v) is 2.41. The smallest absolute Gasteiger partial charge is 0.162 e. The number of hydrogen-bond acceptors (Lipinski definition) is 4. The summed E-state index contributed by atoms with van der Waals surface area (Å²) in [5.74, 6) is 1.04. The quantitative estimate of drug-likeness (QED) is 0.821. The molecule has 1 aromatic rings. The lowest BCUT2D eigenvalue weighted by molar-refractivity contribution is 0.186. The fraction of sp³-hybridized carbons (Fsp3) is 0.400. The number of aliphatic hydroxyl groups excluding tert-OH is 1. The van der Waals surface area contributed by atoms with Crippen molar-refractivity contribution in [2.75, 3.05) is 20.8 Å². The molecular formula is C10H14ClNO3. The van der Waals surface area contributed by atoms with Crippen LogP contribution in [-0.4, -0.2) is 25.9 Å². The van der Waals surface area contributed by atoms with E-state index in [0.717, 1.165) is 0 Å². The van der Waals surface area contributed by atoms with Crippen LogP contribution in [0.25, 0.3) is 0 Å². The van der Waals surface area contributed by atoms with Gasteiger partial charge in [0.05, 0.1) is 25.3 Å². The second-order valence-electron chi connectivity index (χ2n) is 2.98. The SMILES string of the molecule is COc1cc(Cl)c([C@H](O)CN)cc1OC. The minimum Gasteiger partial charge on any atom is -0.493 e. The number of rotatable bonds is 4. The van der Waals surface area contributed by atoms with Gasteiger partial charge in [0.2, 0.25) is 0 Å². The van der Waals surface area contributed by atoms with E-state index in [-0.39, 0.29) is 6.54 Å². The van der Waals surface area contributed by atoms with Crippen LogP contribution in [0, 0.1) is 0 Å². The molecule has 0 unspecified atom stereocenters. The molecule has 0 aromatic heterocycles. The predicted octanol–water partition coefficient (Wildman–Crippen LogP) is 1.35. The maximum absolute atomic E-state index is 9.59. The highest BCUT2D eigenvalue weighted by Gasteiger charge is 2.14. The summed E-state index contributed by atoms with van der Waals surface area (Å²) in [5.41, 5.74) is 5.89. The Morgan fingerprint density at radius 3 is 2.33 bits per heavy atom. The van der Waals surface area contributed by atoms with Gasteiger partial charge in [0, 0.05) is 18.2 Å². The molecule has 0 saturated carbocycles. The molecule has 0 fully saturated rings. The van der Waals surface area contributed by atoms with Crippen molar-refractivity contribution in [1.29, 1.82) is 0 Å². The van der Waals surface area contributed by atoms with Crippen molar-refractivity contribution in [3.63, 3.8) is 0 Å². The lowest BCUT2D eigenvalue weighted by Gasteiger charge is -2.14. The fourth-order valence-corrected chi connectivity index (χ4v) is 1.53. The molecule has 3 N–H and O–H groups in total. The summed E-state index contributed by atoms with van der Waals surface area (Å²) in [5, 5.41) is 10.00. The zero-order chi connectivity index (χ0) is 11.4. The van der Waals surface area contributed by atoms with Gasteiger partial charge in [-0.05, 0) is 6.07 Å². The summed E-state index contributed by atoms with van der Waals surface area (Å²) in [6.07, 6.45) is -0.794. The lowest BCUT2D eigenvalue weighted by Crippen LogP contribution is -2.12. The Balaban J connectivity index is 3.19. The van der Waals surface area contributed by atoms with Crippen molar-refractivity contribution < 1.29 is 14.6 Å². The average molecular weight is 232 g/mol. The molecule has 4 nitrogen and oxygen atoms in total. The van der Waals surface area contributed by atoms with Gasteiger partial charge in [-0.25, -0.2) is 0 Å². The zero-order valence-electron chi connectivity index (χ0n) is 8.66. The molecule has 0 spiro atoms. The van der Waals surface area contributed by atoms with E-state index in [0.29, 0.717) is 22.1 Å². The van der Waals surface area contributed by atoms with Crippen molar-refractivity contribution in [3.05, 3.63) is 22.7 Å². The largest absolute Gasteiger partial charge is 0.493 e. The van der Waals surface area contributed by atoms with Crippen LogP contribution in [0.4, 0.5) is 0 Å². The maximum Gasteiger partial charge on any atom is 0.162 e. The van der Waals surface area contributed by atoms with Gasteiger partial charge in [0.25, 0.3) is 0 Å². The van der Waals surface area contributed by atoms with E-state index in [1.807, 2.05) is 0 Å². The third-order valence-electron chi connectivity index (χ3n) is 2.09. The molecule has 0 radical (unpaired) electrons. The highest BCUT2D eigenvalue weighted by molar-refractivity contribution is 6.31. The Morgan fingerprint density at radius 2 is 1.87 bits per heavy atom. The monoisotopic (exact) mass is 231 g/mol. The van der Waals surface area contributed by atoms with Crippen LogP contribution in [0.15, 0.2) is 12.1 Å². The summed E-state index contributed by atoms with van der Waals surface area (Å²) in [4.78, 5) is 0. The summed E-state index contributed by atoms with van der Waals surface area (Å²) in [6, 6.07) is 3.22. The Bertz CT molecular complexity index is 344. The molecule has 0 aliphatic carbocycles. The molecule has 1 atom stereocenters. The van der Waals surface area contributed by atoms with Crippen LogP contribution in [0.5, 0.6) is 11.5 Å². The van der Waals surface area contributed by atoms with Gasteiger partial charge in [0.15, 0.2) is 11.5 Å². The van der Waals surface area contributed by atoms with Gasteiger partial charge in [0.1, 0.15) is 0 Å². The number of hydrogen-bond donors (Lipinski definition) is 2. The Kier molecular flexibility index (Phi) is 4.20. The minimum absolute atomic E-state index is 0.106. The standard InChI is InChI=1S/C10H14ClNO3/c1-14-9-3-6(8(13)5-12)7(11)4-10(9)15-2/h3-4,8,13H,5,12H2,1-2H3/t8-/m1/s1. The molecule has 84 valence electrons. The van der Waals surface area contributed by atoms with Crippen LogP contribution < -0.4 is 15.2 Å². The van der Waals surface area contributed by atoms with Crippen molar-refractivity contribution in [1.82, 2.24) is 0 Å². The first kappa shape index (κ1) is 12.1. The third kappa shape index (κ3) is 2.53. The van der Waals surface area contributed by atoms with Gasteiger partial charge in [-0.15, -0.1) is 0 Å². The van der Waals surface area contributed by atoms with Crippen LogP contribution in [0.2, 0.25) is 5.02 Å². The molecule has 1 rings (SSSR count). The van der Waals surface area contributed by atoms with Gasteiger partial charge in [-0.2, -0.15) is 0 Å². The van der Waals surface area contributed by atoms with E-state index in [2.05, 4.69) is 0 Å². The number of ether oxygens (including phenoxy) is 2. The average Bonchev–Trinajstić information content (AvgIpc) is 2.27.